The summed E-state index contributed by atoms with van der Waals surface area (Å²) in [6.07, 6.45) is 7.13. The predicted molar refractivity (Wildman–Crippen MR) is 193 cm³/mol. The van der Waals surface area contributed by atoms with Crippen LogP contribution < -0.4 is 14.4 Å². The number of hydrogen-bond acceptors (Lipinski definition) is 6. The molecule has 49 heavy (non-hydrogen) atoms. The molecule has 3 aliphatic heterocycles. The van der Waals surface area contributed by atoms with Crippen LogP contribution in [0.3, 0.4) is 0 Å². The zero-order chi connectivity index (χ0) is 34.8. The molecule has 1 spiro atoms. The molecule has 2 fully saturated rings. The quantitative estimate of drug-likeness (QED) is 0.354. The molecule has 0 aromatic heterocycles. The summed E-state index contributed by atoms with van der Waals surface area (Å²) in [4.78, 5) is 17.8. The van der Waals surface area contributed by atoms with Crippen LogP contribution in [0.2, 0.25) is 5.02 Å². The van der Waals surface area contributed by atoms with Crippen molar-refractivity contribution in [2.75, 3.05) is 44.2 Å². The van der Waals surface area contributed by atoms with Gasteiger partial charge in [0, 0.05) is 40.9 Å². The van der Waals surface area contributed by atoms with E-state index in [1.165, 1.54) is 11.1 Å². The number of anilines is 1. The van der Waals surface area contributed by atoms with Gasteiger partial charge in [-0.2, -0.15) is 0 Å². The Morgan fingerprint density at radius 1 is 1.08 bits per heavy atom. The van der Waals surface area contributed by atoms with Crippen LogP contribution in [0.25, 0.3) is 0 Å². The van der Waals surface area contributed by atoms with Crippen molar-refractivity contribution in [2.24, 2.45) is 17.8 Å². The van der Waals surface area contributed by atoms with Gasteiger partial charge in [0.25, 0.3) is 11.8 Å². The van der Waals surface area contributed by atoms with E-state index in [1.54, 1.807) is 11.0 Å². The average Bonchev–Trinajstić information content (AvgIpc) is 3.16. The van der Waals surface area contributed by atoms with Crippen LogP contribution in [0.15, 0.2) is 36.4 Å². The molecule has 2 aliphatic carbocycles. The Bertz CT molecular complexity index is 1700. The smallest absolute Gasteiger partial charge is 0.272 e. The monoisotopic (exact) mass is 717 g/mol. The van der Waals surface area contributed by atoms with E-state index < -0.39 is 32.4 Å². The first-order valence-corrected chi connectivity index (χ1v) is 20.2. The maximum atomic E-state index is 13.9. The van der Waals surface area contributed by atoms with Crippen molar-refractivity contribution in [1.29, 1.82) is 0 Å². The number of benzene rings is 2. The van der Waals surface area contributed by atoms with Crippen LogP contribution >= 0.6 is 11.6 Å². The molecule has 1 saturated heterocycles. The number of amides is 1. The lowest BCUT2D eigenvalue weighted by Crippen LogP contribution is -2.58. The lowest BCUT2D eigenvalue weighted by molar-refractivity contribution is -0.146. The van der Waals surface area contributed by atoms with Crippen molar-refractivity contribution in [1.82, 2.24) is 9.62 Å². The van der Waals surface area contributed by atoms with Gasteiger partial charge in [-0.25, -0.2) is 13.0 Å². The lowest BCUT2D eigenvalue weighted by atomic mass is 9.61. The van der Waals surface area contributed by atoms with Gasteiger partial charge in [-0.1, -0.05) is 31.0 Å². The Hall–Kier alpha value is -2.40. The minimum absolute atomic E-state index is 0.0134. The van der Waals surface area contributed by atoms with Crippen LogP contribution in [0, 0.1) is 17.8 Å². The fraction of sp³-hybridized carbons (Fsp3) is 0.632. The van der Waals surface area contributed by atoms with Crippen molar-refractivity contribution in [3.63, 3.8) is 0 Å². The second-order valence-corrected chi connectivity index (χ2v) is 18.7. The molecule has 7 atom stereocenters. The number of nitrogens with one attached hydrogen (secondary N) is 1. The fourth-order valence-electron chi connectivity index (χ4n) is 9.30. The van der Waals surface area contributed by atoms with Crippen molar-refractivity contribution in [3.05, 3.63) is 58.1 Å². The number of alkyl halides is 2. The standard InChI is InChI=1S/C38H50ClF2N3O4S/c1-25-6-4-15-37(46,16-17-43-22-38(40,41)23-43)32-11-8-29(32)20-44-21-36(14-5-7-27-18-30(39)10-12-31(27)36)24-48-34-13-9-28(19-33(34)44)35(45)42-49(3,47)26(25)2/h9-10,12-13,18-19,25-26,29,32,46H,3-8,11,14-17,20-24H2,1-2H3,(H,42,45,47)/t25-,26+,29-,32+,36-,37-,49?/m0/s1. The second kappa shape index (κ2) is 13.0. The van der Waals surface area contributed by atoms with E-state index in [9.17, 15) is 22.9 Å². The van der Waals surface area contributed by atoms with E-state index in [2.05, 4.69) is 27.6 Å². The normalized spacial score (nSPS) is 36.3. The number of nitrogens with zero attached hydrogens (tertiary/aromatic N) is 2. The van der Waals surface area contributed by atoms with Gasteiger partial charge in [0.1, 0.15) is 5.75 Å². The topological polar surface area (TPSA) is 82.1 Å². The van der Waals surface area contributed by atoms with Crippen LogP contribution in [-0.4, -0.2) is 82.1 Å². The summed E-state index contributed by atoms with van der Waals surface area (Å²) >= 11 is 6.45. The molecule has 1 saturated carbocycles. The average molecular weight is 718 g/mol. The number of likely N-dealkylation sites (tertiary alicyclic amines) is 1. The number of rotatable bonds is 3. The maximum Gasteiger partial charge on any atom is 0.272 e. The number of hydrogen-bond donors (Lipinski definition) is 2. The highest BCUT2D eigenvalue weighted by Crippen LogP contribution is 2.50. The van der Waals surface area contributed by atoms with Gasteiger partial charge < -0.3 is 14.7 Å². The third-order valence-electron chi connectivity index (χ3n) is 12.6. The van der Waals surface area contributed by atoms with E-state index in [0.29, 0.717) is 63.2 Å². The summed E-state index contributed by atoms with van der Waals surface area (Å²) in [5, 5.41) is 12.8. The molecule has 0 radical (unpaired) electrons. The molecule has 2 aromatic carbocycles. The second-order valence-electron chi connectivity index (χ2n) is 15.9. The Morgan fingerprint density at radius 3 is 2.61 bits per heavy atom. The number of carbonyl (C=O) groups excluding carboxylic acids is 1. The molecule has 7 rings (SSSR count). The third-order valence-corrected chi connectivity index (χ3v) is 15.0. The minimum atomic E-state index is -3.00. The van der Waals surface area contributed by atoms with E-state index >= 15 is 0 Å². The molecule has 268 valence electrons. The van der Waals surface area contributed by atoms with Gasteiger partial charge in [0.05, 0.1) is 40.7 Å². The SMILES string of the molecule is C=S1(=O)NC(=O)c2ccc3c(c2)N(C[C@@H]2CC[C@H]2[C@@](O)(CCN2CC(F)(F)C2)CCC[C@H](C)[C@H]1C)C[C@@]1(CCCc2cc(Cl)ccc21)CO3. The molecule has 11 heteroatoms. The molecule has 3 heterocycles. The maximum absolute atomic E-state index is 13.9. The summed E-state index contributed by atoms with van der Waals surface area (Å²) in [6, 6.07) is 11.6. The summed E-state index contributed by atoms with van der Waals surface area (Å²) in [5.74, 6) is 1.78. The van der Waals surface area contributed by atoms with Gasteiger partial charge in [0.2, 0.25) is 0 Å². The molecule has 1 unspecified atom stereocenters. The van der Waals surface area contributed by atoms with Crippen LogP contribution in [0.4, 0.5) is 14.5 Å². The van der Waals surface area contributed by atoms with Crippen molar-refractivity contribution in [3.8, 4) is 5.75 Å². The third kappa shape index (κ3) is 6.84. The van der Waals surface area contributed by atoms with Gasteiger partial charge in [-0.05, 0) is 123 Å². The molecule has 2 N–H and O–H groups in total. The summed E-state index contributed by atoms with van der Waals surface area (Å²) in [6.45, 7) is 5.63. The molecule has 7 nitrogen and oxygen atoms in total. The number of carbonyl (C=O) groups is 1. The van der Waals surface area contributed by atoms with E-state index in [0.717, 1.165) is 42.8 Å². The molecule has 1 amide bonds. The first-order chi connectivity index (χ1) is 23.2. The van der Waals surface area contributed by atoms with Crippen molar-refractivity contribution < 1.29 is 27.6 Å². The first-order valence-electron chi connectivity index (χ1n) is 18.0. The Morgan fingerprint density at radius 2 is 1.88 bits per heavy atom. The number of halogens is 3. The molecule has 2 bridgehead atoms. The Kier molecular flexibility index (Phi) is 9.28. The van der Waals surface area contributed by atoms with Gasteiger partial charge in [-0.15, -0.1) is 0 Å². The highest BCUT2D eigenvalue weighted by Gasteiger charge is 2.50. The summed E-state index contributed by atoms with van der Waals surface area (Å²) in [7, 11) is -3.00. The fourth-order valence-corrected chi connectivity index (χ4v) is 11.0. The Balaban J connectivity index is 1.26. The van der Waals surface area contributed by atoms with Gasteiger partial charge in [0.15, 0.2) is 0 Å². The zero-order valence-corrected chi connectivity index (χ0v) is 30.3. The minimum Gasteiger partial charge on any atom is -0.490 e. The highest BCUT2D eigenvalue weighted by molar-refractivity contribution is 7.99. The molecular weight excluding hydrogens is 668 g/mol. The van der Waals surface area contributed by atoms with Crippen LogP contribution in [0.5, 0.6) is 5.75 Å². The summed E-state index contributed by atoms with van der Waals surface area (Å²) in [5.41, 5.74) is 2.39. The van der Waals surface area contributed by atoms with Crippen LogP contribution in [0.1, 0.15) is 86.7 Å². The number of aryl methyl sites for hydroxylation is 1. The molecule has 5 aliphatic rings. The molecule has 2 aromatic rings. The highest BCUT2D eigenvalue weighted by atomic mass is 35.5. The van der Waals surface area contributed by atoms with E-state index in [-0.39, 0.29) is 36.3 Å². The lowest BCUT2D eigenvalue weighted by Gasteiger charge is -2.51. The number of ether oxygens (including phenoxy) is 1. The van der Waals surface area contributed by atoms with Crippen LogP contribution in [-0.2, 0) is 21.5 Å². The zero-order valence-electron chi connectivity index (χ0n) is 28.7. The van der Waals surface area contributed by atoms with E-state index in [1.807, 2.05) is 32.0 Å². The number of fused-ring (bicyclic) bond motifs is 4. The van der Waals surface area contributed by atoms with Crippen molar-refractivity contribution in [2.45, 2.75) is 93.8 Å². The first kappa shape index (κ1) is 35.0. The van der Waals surface area contributed by atoms with Gasteiger partial charge in [-0.3, -0.25) is 14.4 Å². The largest absolute Gasteiger partial charge is 0.490 e. The van der Waals surface area contributed by atoms with E-state index in [4.69, 9.17) is 16.3 Å². The van der Waals surface area contributed by atoms with Gasteiger partial charge >= 0.3 is 0 Å². The Labute approximate surface area is 294 Å². The predicted octanol–water partition coefficient (Wildman–Crippen LogP) is 6.48. The number of aliphatic hydroxyl groups is 1. The molecular formula is C38H50ClF2N3O4S. The van der Waals surface area contributed by atoms with Crippen molar-refractivity contribution >= 4 is 38.8 Å². The summed E-state index contributed by atoms with van der Waals surface area (Å²) < 4.78 is 50.7.